The van der Waals surface area contributed by atoms with E-state index >= 15 is 0 Å². The maximum Gasteiger partial charge on any atom is 0.341 e. The van der Waals surface area contributed by atoms with Gasteiger partial charge in [-0.2, -0.15) is 0 Å². The maximum atomic E-state index is 11.6. The van der Waals surface area contributed by atoms with Crippen molar-refractivity contribution in [3.05, 3.63) is 23.2 Å². The zero-order valence-corrected chi connectivity index (χ0v) is 13.4. The van der Waals surface area contributed by atoms with Crippen LogP contribution in [0.25, 0.3) is 0 Å². The van der Waals surface area contributed by atoms with Gasteiger partial charge in [0.05, 0.1) is 13.7 Å². The molecule has 2 aliphatic rings. The molecule has 2 unspecified atom stereocenters. The number of rotatable bonds is 3. The van der Waals surface area contributed by atoms with Crippen molar-refractivity contribution in [1.82, 2.24) is 10.2 Å². The zero-order valence-electron chi connectivity index (χ0n) is 12.6. The van der Waals surface area contributed by atoms with Gasteiger partial charge in [0.25, 0.3) is 0 Å². The lowest BCUT2D eigenvalue weighted by Gasteiger charge is -2.34. The summed E-state index contributed by atoms with van der Waals surface area (Å²) in [6.45, 7) is 5.94. The summed E-state index contributed by atoms with van der Waals surface area (Å²) in [5, 5.41) is 3.57. The largest absolute Gasteiger partial charge is 0.465 e. The van der Waals surface area contributed by atoms with Crippen molar-refractivity contribution >= 4 is 18.4 Å². The number of hydrogen-bond acceptors (Lipinski definition) is 5. The Morgan fingerprint density at radius 1 is 1.52 bits per heavy atom. The topological polar surface area (TPSA) is 54.7 Å². The first kappa shape index (κ1) is 16.3. The Morgan fingerprint density at radius 3 is 3.10 bits per heavy atom. The van der Waals surface area contributed by atoms with Crippen LogP contribution >= 0.6 is 12.4 Å². The predicted octanol–water partition coefficient (Wildman–Crippen LogP) is 1.98. The van der Waals surface area contributed by atoms with E-state index in [1.807, 2.05) is 13.0 Å². The van der Waals surface area contributed by atoms with Crippen LogP contribution < -0.4 is 5.32 Å². The van der Waals surface area contributed by atoms with E-state index in [1.165, 1.54) is 20.0 Å². The summed E-state index contributed by atoms with van der Waals surface area (Å²) in [4.78, 5) is 14.0. The highest BCUT2D eigenvalue weighted by Gasteiger charge is 2.32. The summed E-state index contributed by atoms with van der Waals surface area (Å²) < 4.78 is 10.4. The standard InChI is InChI=1S/C15H22N2O3.ClH/c1-10-13(15(18)19-2)7-12(20-10)9-17-6-4-14-11(8-17)3-5-16-14;/h7,11,14,16H,3-6,8-9H2,1-2H3;1H. The number of piperidine rings is 1. The van der Waals surface area contributed by atoms with Gasteiger partial charge in [0, 0.05) is 19.1 Å². The van der Waals surface area contributed by atoms with Crippen molar-refractivity contribution < 1.29 is 13.9 Å². The Labute approximate surface area is 131 Å². The summed E-state index contributed by atoms with van der Waals surface area (Å²) >= 11 is 0. The molecule has 6 heteroatoms. The van der Waals surface area contributed by atoms with Crippen molar-refractivity contribution in [3.63, 3.8) is 0 Å². The lowest BCUT2D eigenvalue weighted by Crippen LogP contribution is -2.43. The molecule has 118 valence electrons. The molecular formula is C15H23ClN2O3. The lowest BCUT2D eigenvalue weighted by atomic mass is 9.93. The van der Waals surface area contributed by atoms with Gasteiger partial charge in [-0.15, -0.1) is 12.4 Å². The number of furan rings is 1. The van der Waals surface area contributed by atoms with E-state index in [9.17, 15) is 4.79 Å². The van der Waals surface area contributed by atoms with Gasteiger partial charge in [-0.05, 0) is 38.3 Å². The molecule has 0 saturated carbocycles. The van der Waals surface area contributed by atoms with Crippen LogP contribution in [-0.2, 0) is 11.3 Å². The number of likely N-dealkylation sites (tertiary alicyclic amines) is 1. The minimum atomic E-state index is -0.323. The first-order valence-corrected chi connectivity index (χ1v) is 7.30. The van der Waals surface area contributed by atoms with E-state index < -0.39 is 0 Å². The van der Waals surface area contributed by atoms with Crippen molar-refractivity contribution in [2.24, 2.45) is 5.92 Å². The average molecular weight is 315 g/mol. The van der Waals surface area contributed by atoms with Crippen LogP contribution in [0, 0.1) is 12.8 Å². The molecule has 3 rings (SSSR count). The van der Waals surface area contributed by atoms with Crippen molar-refractivity contribution in [2.45, 2.75) is 32.4 Å². The summed E-state index contributed by atoms with van der Waals surface area (Å²) in [5.74, 6) is 1.94. The molecule has 2 saturated heterocycles. The molecular weight excluding hydrogens is 292 g/mol. The summed E-state index contributed by atoms with van der Waals surface area (Å²) in [6.07, 6.45) is 2.47. The molecule has 0 aliphatic carbocycles. The van der Waals surface area contributed by atoms with E-state index in [4.69, 9.17) is 9.15 Å². The molecule has 0 spiro atoms. The van der Waals surface area contributed by atoms with Gasteiger partial charge in [0.2, 0.25) is 0 Å². The van der Waals surface area contributed by atoms with Crippen molar-refractivity contribution in [1.29, 1.82) is 0 Å². The smallest absolute Gasteiger partial charge is 0.341 e. The number of halogens is 1. The van der Waals surface area contributed by atoms with Crippen molar-refractivity contribution in [3.8, 4) is 0 Å². The number of esters is 1. The highest BCUT2D eigenvalue weighted by molar-refractivity contribution is 5.90. The first-order valence-electron chi connectivity index (χ1n) is 7.30. The Bertz CT molecular complexity index is 503. The molecule has 5 nitrogen and oxygen atoms in total. The third-order valence-corrected chi connectivity index (χ3v) is 4.49. The second kappa shape index (κ2) is 6.81. The fourth-order valence-corrected chi connectivity index (χ4v) is 3.42. The highest BCUT2D eigenvalue weighted by Crippen LogP contribution is 2.26. The monoisotopic (exact) mass is 314 g/mol. The zero-order chi connectivity index (χ0) is 14.1. The average Bonchev–Trinajstić information content (AvgIpc) is 3.04. The summed E-state index contributed by atoms with van der Waals surface area (Å²) in [7, 11) is 1.40. The molecule has 0 aromatic carbocycles. The molecule has 0 radical (unpaired) electrons. The summed E-state index contributed by atoms with van der Waals surface area (Å²) in [6, 6.07) is 2.52. The molecule has 1 aromatic rings. The Balaban J connectivity index is 0.00000161. The fraction of sp³-hybridized carbons (Fsp3) is 0.667. The summed E-state index contributed by atoms with van der Waals surface area (Å²) in [5.41, 5.74) is 0.542. The van der Waals surface area contributed by atoms with Crippen LogP contribution in [0.2, 0.25) is 0 Å². The van der Waals surface area contributed by atoms with Crippen LogP contribution in [-0.4, -0.2) is 43.7 Å². The van der Waals surface area contributed by atoms with Crippen molar-refractivity contribution in [2.75, 3.05) is 26.7 Å². The molecule has 2 atom stereocenters. The minimum Gasteiger partial charge on any atom is -0.465 e. The van der Waals surface area contributed by atoms with Crippen LogP contribution in [0.5, 0.6) is 0 Å². The Morgan fingerprint density at radius 2 is 2.33 bits per heavy atom. The Kier molecular flexibility index (Phi) is 5.30. The number of nitrogens with one attached hydrogen (secondary N) is 1. The lowest BCUT2D eigenvalue weighted by molar-refractivity contribution is 0.0599. The third kappa shape index (κ3) is 3.42. The van der Waals surface area contributed by atoms with Gasteiger partial charge in [0.15, 0.2) is 0 Å². The van der Waals surface area contributed by atoms with Gasteiger partial charge in [0.1, 0.15) is 17.1 Å². The second-order valence-electron chi connectivity index (χ2n) is 5.81. The van der Waals surface area contributed by atoms with E-state index in [0.717, 1.165) is 37.9 Å². The van der Waals surface area contributed by atoms with Crippen LogP contribution in [0.3, 0.4) is 0 Å². The van der Waals surface area contributed by atoms with Gasteiger partial charge in [-0.1, -0.05) is 0 Å². The molecule has 0 amide bonds. The maximum absolute atomic E-state index is 11.6. The number of aryl methyl sites for hydroxylation is 1. The van der Waals surface area contributed by atoms with Gasteiger partial charge in [-0.3, -0.25) is 4.90 Å². The van der Waals surface area contributed by atoms with E-state index in [1.54, 1.807) is 0 Å². The number of carbonyl (C=O) groups excluding carboxylic acids is 1. The number of hydrogen-bond donors (Lipinski definition) is 1. The molecule has 1 N–H and O–H groups in total. The molecule has 2 aliphatic heterocycles. The second-order valence-corrected chi connectivity index (χ2v) is 5.81. The number of methoxy groups -OCH3 is 1. The van der Waals surface area contributed by atoms with Gasteiger partial charge < -0.3 is 14.5 Å². The molecule has 2 fully saturated rings. The van der Waals surface area contributed by atoms with Gasteiger partial charge in [-0.25, -0.2) is 4.79 Å². The predicted molar refractivity (Wildman–Crippen MR) is 81.8 cm³/mol. The van der Waals surface area contributed by atoms with E-state index in [0.29, 0.717) is 17.4 Å². The normalized spacial score (nSPS) is 25.2. The molecule has 0 bridgehead atoms. The highest BCUT2D eigenvalue weighted by atomic mass is 35.5. The van der Waals surface area contributed by atoms with Crippen LogP contribution in [0.1, 0.15) is 34.7 Å². The van der Waals surface area contributed by atoms with E-state index in [2.05, 4.69) is 10.2 Å². The SMILES string of the molecule is COC(=O)c1cc(CN2CCC3NCCC3C2)oc1C.Cl. The van der Waals surface area contributed by atoms with E-state index in [-0.39, 0.29) is 18.4 Å². The fourth-order valence-electron chi connectivity index (χ4n) is 3.42. The molecule has 3 heterocycles. The third-order valence-electron chi connectivity index (χ3n) is 4.49. The minimum absolute atomic E-state index is 0. The van der Waals surface area contributed by atoms with Crippen LogP contribution in [0.4, 0.5) is 0 Å². The first-order chi connectivity index (χ1) is 9.67. The molecule has 21 heavy (non-hydrogen) atoms. The molecule has 1 aromatic heterocycles. The quantitative estimate of drug-likeness (QED) is 0.865. The Hall–Kier alpha value is -1.04. The van der Waals surface area contributed by atoms with Gasteiger partial charge >= 0.3 is 5.97 Å². The van der Waals surface area contributed by atoms with Crippen LogP contribution in [0.15, 0.2) is 10.5 Å². The number of nitrogens with zero attached hydrogens (tertiary/aromatic N) is 1. The number of ether oxygens (including phenoxy) is 1. The number of carbonyl (C=O) groups is 1. The number of fused-ring (bicyclic) bond motifs is 1.